The molecule has 0 bridgehead atoms. The number of hydrogen-bond acceptors (Lipinski definition) is 3. The first-order chi connectivity index (χ1) is 13.0. The fraction of sp³-hybridized carbons (Fsp3) is 0.364. The number of carbonyl (C=O) groups excluding carboxylic acids is 2. The second-order valence-corrected chi connectivity index (χ2v) is 8.63. The Labute approximate surface area is 164 Å². The number of nitrogens with one attached hydrogen (secondary N) is 1. The molecule has 1 aliphatic carbocycles. The van der Waals surface area contributed by atoms with Gasteiger partial charge in [0.05, 0.1) is 5.75 Å². The third kappa shape index (κ3) is 3.88. The summed E-state index contributed by atoms with van der Waals surface area (Å²) in [6.07, 6.45) is 1.99. The molecular weight excluding hydrogens is 356 g/mol. The van der Waals surface area contributed by atoms with Crippen molar-refractivity contribution in [2.45, 2.75) is 38.0 Å². The average molecular weight is 381 g/mol. The van der Waals surface area contributed by atoms with Gasteiger partial charge in [-0.1, -0.05) is 38.1 Å². The summed E-state index contributed by atoms with van der Waals surface area (Å²) in [5, 5.41) is 2.93. The third-order valence-electron chi connectivity index (χ3n) is 5.12. The summed E-state index contributed by atoms with van der Waals surface area (Å²) >= 11 is 1.64. The van der Waals surface area contributed by atoms with Gasteiger partial charge in [-0.3, -0.25) is 14.5 Å². The summed E-state index contributed by atoms with van der Waals surface area (Å²) in [5.74, 6) is 1.39. The fourth-order valence-electron chi connectivity index (χ4n) is 3.29. The Morgan fingerprint density at radius 3 is 2.33 bits per heavy atom. The summed E-state index contributed by atoms with van der Waals surface area (Å²) in [6.45, 7) is 4.33. The smallest absolute Gasteiger partial charge is 0.238 e. The van der Waals surface area contributed by atoms with Gasteiger partial charge >= 0.3 is 0 Å². The maximum absolute atomic E-state index is 12.5. The SMILES string of the molecule is CC(C)c1ccc(N2C(=O)CS[C@@H]2c2ccc(NC(=O)C3CC3)cc2)cc1. The molecule has 1 atom stereocenters. The highest BCUT2D eigenvalue weighted by molar-refractivity contribution is 8.00. The molecule has 1 N–H and O–H groups in total. The molecule has 27 heavy (non-hydrogen) atoms. The van der Waals surface area contributed by atoms with Gasteiger partial charge in [-0.2, -0.15) is 0 Å². The van der Waals surface area contributed by atoms with Crippen LogP contribution in [0.4, 0.5) is 11.4 Å². The average Bonchev–Trinajstić information content (AvgIpc) is 3.45. The van der Waals surface area contributed by atoms with Crippen molar-refractivity contribution in [1.29, 1.82) is 0 Å². The number of anilines is 2. The van der Waals surface area contributed by atoms with Crippen LogP contribution in [0.3, 0.4) is 0 Å². The van der Waals surface area contributed by atoms with Gasteiger partial charge in [-0.05, 0) is 54.2 Å². The van der Waals surface area contributed by atoms with Gasteiger partial charge in [0, 0.05) is 17.3 Å². The molecular formula is C22H24N2O2S. The summed E-state index contributed by atoms with van der Waals surface area (Å²) < 4.78 is 0. The van der Waals surface area contributed by atoms with E-state index in [9.17, 15) is 9.59 Å². The predicted molar refractivity (Wildman–Crippen MR) is 111 cm³/mol. The molecule has 0 unspecified atom stereocenters. The van der Waals surface area contributed by atoms with Crippen molar-refractivity contribution in [3.05, 3.63) is 59.7 Å². The number of nitrogens with zero attached hydrogens (tertiary/aromatic N) is 1. The number of rotatable bonds is 5. The van der Waals surface area contributed by atoms with E-state index in [1.165, 1.54) is 5.56 Å². The summed E-state index contributed by atoms with van der Waals surface area (Å²) in [4.78, 5) is 26.3. The molecule has 5 heteroatoms. The quantitative estimate of drug-likeness (QED) is 0.799. The molecule has 4 rings (SSSR count). The lowest BCUT2D eigenvalue weighted by Gasteiger charge is -2.25. The van der Waals surface area contributed by atoms with E-state index in [0.717, 1.165) is 29.8 Å². The van der Waals surface area contributed by atoms with E-state index in [2.05, 4.69) is 31.3 Å². The van der Waals surface area contributed by atoms with Crippen LogP contribution in [0.2, 0.25) is 0 Å². The Kier molecular flexibility index (Phi) is 4.96. The van der Waals surface area contributed by atoms with Crippen LogP contribution in [-0.4, -0.2) is 17.6 Å². The molecule has 1 heterocycles. The van der Waals surface area contributed by atoms with Crippen molar-refractivity contribution >= 4 is 35.0 Å². The Bertz CT molecular complexity index is 842. The second kappa shape index (κ2) is 7.39. The van der Waals surface area contributed by atoms with Gasteiger partial charge in [-0.25, -0.2) is 0 Å². The van der Waals surface area contributed by atoms with E-state index in [0.29, 0.717) is 11.7 Å². The fourth-order valence-corrected chi connectivity index (χ4v) is 4.47. The number of amides is 2. The van der Waals surface area contributed by atoms with Crippen molar-refractivity contribution in [3.63, 3.8) is 0 Å². The van der Waals surface area contributed by atoms with Crippen LogP contribution in [0.5, 0.6) is 0 Å². The van der Waals surface area contributed by atoms with E-state index >= 15 is 0 Å². The van der Waals surface area contributed by atoms with E-state index in [1.807, 2.05) is 41.3 Å². The van der Waals surface area contributed by atoms with Crippen LogP contribution in [0.15, 0.2) is 48.5 Å². The molecule has 1 saturated heterocycles. The zero-order valence-electron chi connectivity index (χ0n) is 15.6. The zero-order valence-corrected chi connectivity index (χ0v) is 16.5. The summed E-state index contributed by atoms with van der Waals surface area (Å²) in [6, 6.07) is 16.2. The van der Waals surface area contributed by atoms with E-state index < -0.39 is 0 Å². The topological polar surface area (TPSA) is 49.4 Å². The van der Waals surface area contributed by atoms with Crippen LogP contribution in [-0.2, 0) is 9.59 Å². The highest BCUT2D eigenvalue weighted by Crippen LogP contribution is 2.42. The third-order valence-corrected chi connectivity index (χ3v) is 6.33. The molecule has 0 aromatic heterocycles. The maximum Gasteiger partial charge on any atom is 0.238 e. The molecule has 4 nitrogen and oxygen atoms in total. The van der Waals surface area contributed by atoms with Gasteiger partial charge in [0.2, 0.25) is 11.8 Å². The van der Waals surface area contributed by atoms with Crippen molar-refractivity contribution in [2.75, 3.05) is 16.0 Å². The lowest BCUT2D eigenvalue weighted by molar-refractivity contribution is -0.117. The monoisotopic (exact) mass is 380 g/mol. The van der Waals surface area contributed by atoms with Crippen LogP contribution in [0.25, 0.3) is 0 Å². The Morgan fingerprint density at radius 2 is 1.74 bits per heavy atom. The first kappa shape index (κ1) is 18.1. The van der Waals surface area contributed by atoms with Gasteiger partial charge in [0.25, 0.3) is 0 Å². The summed E-state index contributed by atoms with van der Waals surface area (Å²) in [5.41, 5.74) is 4.09. The predicted octanol–water partition coefficient (Wildman–Crippen LogP) is 4.94. The molecule has 2 fully saturated rings. The highest BCUT2D eigenvalue weighted by Gasteiger charge is 2.34. The van der Waals surface area contributed by atoms with Crippen molar-refractivity contribution in [2.24, 2.45) is 5.92 Å². The maximum atomic E-state index is 12.5. The first-order valence-corrected chi connectivity index (χ1v) is 10.5. The van der Waals surface area contributed by atoms with Gasteiger partial charge < -0.3 is 5.32 Å². The normalized spacial score (nSPS) is 19.6. The van der Waals surface area contributed by atoms with Crippen molar-refractivity contribution in [1.82, 2.24) is 0 Å². The first-order valence-electron chi connectivity index (χ1n) is 9.47. The van der Waals surface area contributed by atoms with E-state index in [4.69, 9.17) is 0 Å². The molecule has 2 aromatic carbocycles. The second-order valence-electron chi connectivity index (χ2n) is 7.56. The minimum absolute atomic E-state index is 0.0319. The van der Waals surface area contributed by atoms with Crippen molar-refractivity contribution in [3.8, 4) is 0 Å². The molecule has 140 valence electrons. The largest absolute Gasteiger partial charge is 0.326 e. The molecule has 2 aliphatic rings. The molecule has 2 amide bonds. The van der Waals surface area contributed by atoms with Gasteiger partial charge in [0.15, 0.2) is 0 Å². The molecule has 1 aliphatic heterocycles. The summed E-state index contributed by atoms with van der Waals surface area (Å²) in [7, 11) is 0. The Morgan fingerprint density at radius 1 is 1.07 bits per heavy atom. The lowest BCUT2D eigenvalue weighted by Crippen LogP contribution is -2.27. The number of hydrogen-bond donors (Lipinski definition) is 1. The van der Waals surface area contributed by atoms with Gasteiger partial charge in [0.1, 0.15) is 5.37 Å². The van der Waals surface area contributed by atoms with Crippen LogP contribution >= 0.6 is 11.8 Å². The minimum atomic E-state index is -0.0319. The van der Waals surface area contributed by atoms with Crippen LogP contribution in [0, 0.1) is 5.92 Å². The number of carbonyl (C=O) groups is 2. The minimum Gasteiger partial charge on any atom is -0.326 e. The number of thioether (sulfide) groups is 1. The zero-order chi connectivity index (χ0) is 19.0. The van der Waals surface area contributed by atoms with Crippen LogP contribution < -0.4 is 10.2 Å². The van der Waals surface area contributed by atoms with Crippen molar-refractivity contribution < 1.29 is 9.59 Å². The van der Waals surface area contributed by atoms with E-state index in [1.54, 1.807) is 11.8 Å². The number of benzene rings is 2. The van der Waals surface area contributed by atoms with Gasteiger partial charge in [-0.15, -0.1) is 11.8 Å². The molecule has 0 spiro atoms. The van der Waals surface area contributed by atoms with E-state index in [-0.39, 0.29) is 23.1 Å². The standard InChI is InChI=1S/C22H24N2O2S/c1-14(2)15-7-11-19(12-8-15)24-20(25)13-27-22(24)17-5-9-18(10-6-17)23-21(26)16-3-4-16/h5-12,14,16,22H,3-4,13H2,1-2H3,(H,23,26)/t22-/m1/s1. The molecule has 0 radical (unpaired) electrons. The Hall–Kier alpha value is -2.27. The van der Waals surface area contributed by atoms with Crippen LogP contribution in [0.1, 0.15) is 49.1 Å². The molecule has 1 saturated carbocycles. The molecule has 2 aromatic rings. The highest BCUT2D eigenvalue weighted by atomic mass is 32.2. The Balaban J connectivity index is 1.52. The lowest BCUT2D eigenvalue weighted by atomic mass is 10.0.